The number of rotatable bonds is 5. The zero-order valence-corrected chi connectivity index (χ0v) is 15.2. The van der Waals surface area contributed by atoms with E-state index in [1.54, 1.807) is 0 Å². The van der Waals surface area contributed by atoms with Crippen LogP contribution in [0, 0.1) is 12.8 Å². The summed E-state index contributed by atoms with van der Waals surface area (Å²) in [5.74, 6) is 0.801. The van der Waals surface area contributed by atoms with Crippen LogP contribution in [0.1, 0.15) is 35.8 Å². The van der Waals surface area contributed by atoms with E-state index in [4.69, 9.17) is 0 Å². The number of benzene rings is 1. The van der Waals surface area contributed by atoms with Crippen molar-refractivity contribution in [2.75, 3.05) is 26.2 Å². The van der Waals surface area contributed by atoms with Crippen molar-refractivity contribution < 1.29 is 4.79 Å². The Balaban J connectivity index is 1.67. The first-order valence-electron chi connectivity index (χ1n) is 9.22. The van der Waals surface area contributed by atoms with Crippen LogP contribution in [-0.2, 0) is 0 Å². The third kappa shape index (κ3) is 4.26. The summed E-state index contributed by atoms with van der Waals surface area (Å²) >= 11 is 0. The molecule has 0 aliphatic carbocycles. The fourth-order valence-corrected chi connectivity index (χ4v) is 3.42. The molecule has 3 rings (SSSR count). The fourth-order valence-electron chi connectivity index (χ4n) is 3.42. The third-order valence-corrected chi connectivity index (χ3v) is 4.97. The zero-order valence-electron chi connectivity index (χ0n) is 15.2. The van der Waals surface area contributed by atoms with Crippen LogP contribution in [0.3, 0.4) is 0 Å². The first kappa shape index (κ1) is 17.6. The van der Waals surface area contributed by atoms with Crippen molar-refractivity contribution in [2.24, 2.45) is 5.92 Å². The van der Waals surface area contributed by atoms with Gasteiger partial charge in [0.05, 0.1) is 17.0 Å². The molecule has 4 heteroatoms. The van der Waals surface area contributed by atoms with Crippen molar-refractivity contribution in [1.82, 2.24) is 15.2 Å². The van der Waals surface area contributed by atoms with Gasteiger partial charge >= 0.3 is 0 Å². The topological polar surface area (TPSA) is 45.2 Å². The molecule has 1 amide bonds. The monoisotopic (exact) mass is 337 g/mol. The number of hydrogen-bond donors (Lipinski definition) is 1. The van der Waals surface area contributed by atoms with Crippen LogP contribution in [0.25, 0.3) is 11.3 Å². The van der Waals surface area contributed by atoms with Crippen LogP contribution in [-0.4, -0.2) is 42.0 Å². The zero-order chi connectivity index (χ0) is 17.6. The van der Waals surface area contributed by atoms with E-state index in [1.807, 2.05) is 54.3 Å². The quantitative estimate of drug-likeness (QED) is 0.908. The Kier molecular flexibility index (Phi) is 5.82. The van der Waals surface area contributed by atoms with Gasteiger partial charge in [-0.1, -0.05) is 37.3 Å². The number of carbonyl (C=O) groups excluding carboxylic acids is 1. The summed E-state index contributed by atoms with van der Waals surface area (Å²) in [6, 6.07) is 14.0. The standard InChI is InChI=1S/C21H27N3O/c1-3-22-15-17-11-13-24(14-12-17)21(25)19-9-10-20(23-16(19)2)18-7-5-4-6-8-18/h4-10,17,22H,3,11-15H2,1-2H3. The van der Waals surface area contributed by atoms with Gasteiger partial charge in [-0.3, -0.25) is 9.78 Å². The Bertz CT molecular complexity index is 706. The summed E-state index contributed by atoms with van der Waals surface area (Å²) in [6.07, 6.45) is 2.15. The fraction of sp³-hybridized carbons (Fsp3) is 0.429. The highest BCUT2D eigenvalue weighted by Gasteiger charge is 2.24. The van der Waals surface area contributed by atoms with Crippen LogP contribution in [0.2, 0.25) is 0 Å². The van der Waals surface area contributed by atoms with E-state index < -0.39 is 0 Å². The second-order valence-electron chi connectivity index (χ2n) is 6.74. The van der Waals surface area contributed by atoms with E-state index in [0.717, 1.165) is 61.5 Å². The van der Waals surface area contributed by atoms with E-state index in [0.29, 0.717) is 5.92 Å². The average Bonchev–Trinajstić information content (AvgIpc) is 2.67. The normalized spacial score (nSPS) is 15.4. The summed E-state index contributed by atoms with van der Waals surface area (Å²) in [5, 5.41) is 3.41. The molecule has 1 aliphatic rings. The number of amides is 1. The van der Waals surface area contributed by atoms with E-state index in [2.05, 4.69) is 17.2 Å². The molecule has 1 aromatic carbocycles. The molecule has 0 atom stereocenters. The maximum atomic E-state index is 12.9. The largest absolute Gasteiger partial charge is 0.339 e. The van der Waals surface area contributed by atoms with E-state index in [-0.39, 0.29) is 5.91 Å². The molecule has 0 spiro atoms. The molecular formula is C21H27N3O. The molecule has 1 N–H and O–H groups in total. The highest BCUT2D eigenvalue weighted by molar-refractivity contribution is 5.95. The molecule has 2 aromatic rings. The molecule has 0 saturated carbocycles. The van der Waals surface area contributed by atoms with Crippen molar-refractivity contribution >= 4 is 5.91 Å². The Morgan fingerprint density at radius 2 is 1.88 bits per heavy atom. The van der Waals surface area contributed by atoms with E-state index >= 15 is 0 Å². The predicted molar refractivity (Wildman–Crippen MR) is 102 cm³/mol. The summed E-state index contributed by atoms with van der Waals surface area (Å²) in [4.78, 5) is 19.5. The molecule has 2 heterocycles. The number of nitrogens with one attached hydrogen (secondary N) is 1. The average molecular weight is 337 g/mol. The Morgan fingerprint density at radius 1 is 1.16 bits per heavy atom. The molecule has 0 radical (unpaired) electrons. The van der Waals surface area contributed by atoms with Gasteiger partial charge in [-0.15, -0.1) is 0 Å². The van der Waals surface area contributed by atoms with E-state index in [1.165, 1.54) is 0 Å². The predicted octanol–water partition coefficient (Wildman–Crippen LogP) is 3.52. The van der Waals surface area contributed by atoms with Crippen LogP contribution in [0.5, 0.6) is 0 Å². The summed E-state index contributed by atoms with van der Waals surface area (Å²) in [7, 11) is 0. The van der Waals surface area contributed by atoms with Crippen LogP contribution in [0.4, 0.5) is 0 Å². The van der Waals surface area contributed by atoms with Gasteiger partial charge in [0.2, 0.25) is 0 Å². The molecule has 1 fully saturated rings. The molecule has 4 nitrogen and oxygen atoms in total. The van der Waals surface area contributed by atoms with E-state index in [9.17, 15) is 4.79 Å². The summed E-state index contributed by atoms with van der Waals surface area (Å²) in [5.41, 5.74) is 3.53. The lowest BCUT2D eigenvalue weighted by Gasteiger charge is -2.32. The number of aromatic nitrogens is 1. The summed E-state index contributed by atoms with van der Waals surface area (Å²) in [6.45, 7) is 7.82. The molecule has 1 aliphatic heterocycles. The van der Waals surface area contributed by atoms with Gasteiger partial charge in [0.25, 0.3) is 5.91 Å². The van der Waals surface area contributed by atoms with Crippen molar-refractivity contribution in [1.29, 1.82) is 0 Å². The number of carbonyl (C=O) groups is 1. The SMILES string of the molecule is CCNCC1CCN(C(=O)c2ccc(-c3ccccc3)nc2C)CC1. The first-order chi connectivity index (χ1) is 12.2. The molecule has 0 unspecified atom stereocenters. The highest BCUT2D eigenvalue weighted by Crippen LogP contribution is 2.22. The molecule has 25 heavy (non-hydrogen) atoms. The van der Waals surface area contributed by atoms with Crippen LogP contribution < -0.4 is 5.32 Å². The minimum Gasteiger partial charge on any atom is -0.339 e. The lowest BCUT2D eigenvalue weighted by Crippen LogP contribution is -2.41. The summed E-state index contributed by atoms with van der Waals surface area (Å²) < 4.78 is 0. The van der Waals surface area contributed by atoms with Crippen LogP contribution >= 0.6 is 0 Å². The van der Waals surface area contributed by atoms with Gasteiger partial charge in [-0.05, 0) is 50.9 Å². The van der Waals surface area contributed by atoms with Gasteiger partial charge in [-0.2, -0.15) is 0 Å². The van der Waals surface area contributed by atoms with Crippen molar-refractivity contribution in [2.45, 2.75) is 26.7 Å². The number of likely N-dealkylation sites (tertiary alicyclic amines) is 1. The van der Waals surface area contributed by atoms with Gasteiger partial charge in [0.1, 0.15) is 0 Å². The van der Waals surface area contributed by atoms with Crippen molar-refractivity contribution in [3.05, 3.63) is 53.7 Å². The Labute approximate surface area is 150 Å². The maximum Gasteiger partial charge on any atom is 0.255 e. The second-order valence-corrected chi connectivity index (χ2v) is 6.74. The lowest BCUT2D eigenvalue weighted by atomic mass is 9.96. The Hall–Kier alpha value is -2.20. The number of hydrogen-bond acceptors (Lipinski definition) is 3. The first-order valence-corrected chi connectivity index (χ1v) is 9.22. The molecule has 0 bridgehead atoms. The Morgan fingerprint density at radius 3 is 2.52 bits per heavy atom. The minimum absolute atomic E-state index is 0.117. The van der Waals surface area contributed by atoms with Gasteiger partial charge in [-0.25, -0.2) is 0 Å². The van der Waals surface area contributed by atoms with Crippen molar-refractivity contribution in [3.8, 4) is 11.3 Å². The number of nitrogens with zero attached hydrogens (tertiary/aromatic N) is 2. The third-order valence-electron chi connectivity index (χ3n) is 4.97. The minimum atomic E-state index is 0.117. The van der Waals surface area contributed by atoms with Crippen molar-refractivity contribution in [3.63, 3.8) is 0 Å². The van der Waals surface area contributed by atoms with Gasteiger partial charge < -0.3 is 10.2 Å². The van der Waals surface area contributed by atoms with Gasteiger partial charge in [0.15, 0.2) is 0 Å². The molecule has 1 aromatic heterocycles. The lowest BCUT2D eigenvalue weighted by molar-refractivity contribution is 0.0689. The highest BCUT2D eigenvalue weighted by atomic mass is 16.2. The number of aryl methyl sites for hydroxylation is 1. The number of pyridine rings is 1. The van der Waals surface area contributed by atoms with Gasteiger partial charge in [0, 0.05) is 18.7 Å². The molecule has 132 valence electrons. The molecular weight excluding hydrogens is 310 g/mol. The van der Waals surface area contributed by atoms with Crippen LogP contribution in [0.15, 0.2) is 42.5 Å². The second kappa shape index (κ2) is 8.26. The molecule has 1 saturated heterocycles. The maximum absolute atomic E-state index is 12.9. The smallest absolute Gasteiger partial charge is 0.255 e. The number of piperidine rings is 1.